The predicted octanol–water partition coefficient (Wildman–Crippen LogP) is 4.48. The molecule has 1 amide bonds. The van der Waals surface area contributed by atoms with E-state index in [2.05, 4.69) is 17.6 Å². The summed E-state index contributed by atoms with van der Waals surface area (Å²) in [5, 5.41) is 6.00. The van der Waals surface area contributed by atoms with Gasteiger partial charge in [0.25, 0.3) is 0 Å². The van der Waals surface area contributed by atoms with Gasteiger partial charge in [0.2, 0.25) is 5.91 Å². The van der Waals surface area contributed by atoms with E-state index in [0.717, 1.165) is 12.1 Å². The fourth-order valence-electron chi connectivity index (χ4n) is 2.03. The summed E-state index contributed by atoms with van der Waals surface area (Å²) >= 11 is 5.90. The third-order valence-electron chi connectivity index (χ3n) is 3.30. The number of hydrogen-bond acceptors (Lipinski definition) is 2. The van der Waals surface area contributed by atoms with Crippen LogP contribution < -0.4 is 10.6 Å². The Kier molecular flexibility index (Phi) is 5.39. The SMILES string of the molecule is CCc1cccc(N[C@H](C)C(=O)Nc2ccc(F)cc2Cl)c1. The average Bonchev–Trinajstić information content (AvgIpc) is 2.50. The van der Waals surface area contributed by atoms with Crippen LogP contribution in [0.5, 0.6) is 0 Å². The molecule has 0 bridgehead atoms. The number of rotatable bonds is 5. The molecule has 22 heavy (non-hydrogen) atoms. The Morgan fingerprint density at radius 1 is 1.27 bits per heavy atom. The number of nitrogens with one attached hydrogen (secondary N) is 2. The van der Waals surface area contributed by atoms with Crippen LogP contribution in [-0.2, 0) is 11.2 Å². The molecule has 0 saturated carbocycles. The third kappa shape index (κ3) is 4.21. The maximum Gasteiger partial charge on any atom is 0.246 e. The smallest absolute Gasteiger partial charge is 0.246 e. The van der Waals surface area contributed by atoms with Crippen molar-refractivity contribution in [1.82, 2.24) is 0 Å². The highest BCUT2D eigenvalue weighted by atomic mass is 35.5. The van der Waals surface area contributed by atoms with Crippen LogP contribution in [0.15, 0.2) is 42.5 Å². The summed E-state index contributed by atoms with van der Waals surface area (Å²) in [5.74, 6) is -0.680. The molecule has 0 aromatic heterocycles. The topological polar surface area (TPSA) is 41.1 Å². The van der Waals surface area contributed by atoms with Crippen molar-refractivity contribution in [3.05, 3.63) is 58.9 Å². The first-order valence-corrected chi connectivity index (χ1v) is 7.48. The summed E-state index contributed by atoms with van der Waals surface area (Å²) in [6.45, 7) is 3.83. The molecule has 0 fully saturated rings. The normalized spacial score (nSPS) is 11.8. The number of anilines is 2. The first kappa shape index (κ1) is 16.3. The molecule has 3 nitrogen and oxygen atoms in total. The number of carbonyl (C=O) groups excluding carboxylic acids is 1. The lowest BCUT2D eigenvalue weighted by Gasteiger charge is -2.16. The van der Waals surface area contributed by atoms with Crippen LogP contribution in [0.2, 0.25) is 5.02 Å². The highest BCUT2D eigenvalue weighted by Crippen LogP contribution is 2.22. The fraction of sp³-hybridized carbons (Fsp3) is 0.235. The van der Waals surface area contributed by atoms with E-state index in [-0.39, 0.29) is 10.9 Å². The van der Waals surface area contributed by atoms with Crippen LogP contribution >= 0.6 is 11.6 Å². The van der Waals surface area contributed by atoms with Crippen molar-refractivity contribution in [2.24, 2.45) is 0 Å². The Labute approximate surface area is 134 Å². The summed E-state index contributed by atoms with van der Waals surface area (Å²) in [5.41, 5.74) is 2.47. The molecule has 0 spiro atoms. The second-order valence-electron chi connectivity index (χ2n) is 5.03. The molecule has 0 radical (unpaired) electrons. The van der Waals surface area contributed by atoms with Crippen molar-refractivity contribution >= 4 is 28.9 Å². The molecule has 0 aliphatic rings. The molecule has 2 aromatic carbocycles. The minimum absolute atomic E-state index is 0.175. The van der Waals surface area contributed by atoms with E-state index in [1.807, 2.05) is 24.3 Å². The Morgan fingerprint density at radius 3 is 2.73 bits per heavy atom. The highest BCUT2D eigenvalue weighted by molar-refractivity contribution is 6.33. The van der Waals surface area contributed by atoms with Crippen molar-refractivity contribution in [3.8, 4) is 0 Å². The molecule has 0 saturated heterocycles. The van der Waals surface area contributed by atoms with Gasteiger partial charge in [0.15, 0.2) is 0 Å². The zero-order valence-electron chi connectivity index (χ0n) is 12.5. The summed E-state index contributed by atoms with van der Waals surface area (Å²) in [6.07, 6.45) is 0.932. The lowest BCUT2D eigenvalue weighted by Crippen LogP contribution is -2.32. The van der Waals surface area contributed by atoms with Crippen molar-refractivity contribution in [2.45, 2.75) is 26.3 Å². The van der Waals surface area contributed by atoms with E-state index in [0.29, 0.717) is 5.69 Å². The molecule has 0 heterocycles. The predicted molar refractivity (Wildman–Crippen MR) is 88.9 cm³/mol. The Hall–Kier alpha value is -2.07. The quantitative estimate of drug-likeness (QED) is 0.852. The van der Waals surface area contributed by atoms with Crippen LogP contribution in [0.3, 0.4) is 0 Å². The number of amides is 1. The standard InChI is InChI=1S/C17H18ClFN2O/c1-3-12-5-4-6-14(9-12)20-11(2)17(22)21-16-8-7-13(19)10-15(16)18/h4-11,20H,3H2,1-2H3,(H,21,22)/t11-/m1/s1. The molecular weight excluding hydrogens is 303 g/mol. The van der Waals surface area contributed by atoms with Gasteiger partial charge < -0.3 is 10.6 Å². The number of aryl methyl sites for hydroxylation is 1. The van der Waals surface area contributed by atoms with Crippen LogP contribution in [0.1, 0.15) is 19.4 Å². The van der Waals surface area contributed by atoms with Crippen LogP contribution in [0, 0.1) is 5.82 Å². The number of carbonyl (C=O) groups is 1. The minimum atomic E-state index is -0.451. The maximum absolute atomic E-state index is 13.0. The summed E-state index contributed by atoms with van der Waals surface area (Å²) in [7, 11) is 0. The van der Waals surface area contributed by atoms with Crippen LogP contribution in [-0.4, -0.2) is 11.9 Å². The van der Waals surface area contributed by atoms with Crippen LogP contribution in [0.4, 0.5) is 15.8 Å². The largest absolute Gasteiger partial charge is 0.374 e. The molecule has 2 rings (SSSR count). The zero-order valence-corrected chi connectivity index (χ0v) is 13.2. The molecule has 0 aliphatic heterocycles. The van der Waals surface area contributed by atoms with E-state index in [1.54, 1.807) is 6.92 Å². The Balaban J connectivity index is 2.02. The zero-order chi connectivity index (χ0) is 16.1. The van der Waals surface area contributed by atoms with Gasteiger partial charge in [-0.05, 0) is 49.2 Å². The molecule has 1 atom stereocenters. The summed E-state index contributed by atoms with van der Waals surface area (Å²) in [6, 6.07) is 11.3. The number of benzene rings is 2. The average molecular weight is 321 g/mol. The monoisotopic (exact) mass is 320 g/mol. The molecule has 2 aromatic rings. The van der Waals surface area contributed by atoms with E-state index in [9.17, 15) is 9.18 Å². The molecule has 0 aliphatic carbocycles. The first-order valence-electron chi connectivity index (χ1n) is 7.11. The number of halogens is 2. The molecule has 2 N–H and O–H groups in total. The van der Waals surface area contributed by atoms with Crippen LogP contribution in [0.25, 0.3) is 0 Å². The second-order valence-corrected chi connectivity index (χ2v) is 5.44. The summed E-state index contributed by atoms with van der Waals surface area (Å²) < 4.78 is 13.0. The maximum atomic E-state index is 13.0. The van der Waals surface area contributed by atoms with Gasteiger partial charge in [-0.25, -0.2) is 4.39 Å². The number of hydrogen-bond donors (Lipinski definition) is 2. The van der Waals surface area contributed by atoms with Gasteiger partial charge in [0.05, 0.1) is 10.7 Å². The van der Waals surface area contributed by atoms with Crippen molar-refractivity contribution in [3.63, 3.8) is 0 Å². The van der Waals surface area contributed by atoms with Gasteiger partial charge >= 0.3 is 0 Å². The first-order chi connectivity index (χ1) is 10.5. The Bertz CT molecular complexity index is 675. The Morgan fingerprint density at radius 2 is 2.05 bits per heavy atom. The van der Waals surface area contributed by atoms with Gasteiger partial charge in [-0.1, -0.05) is 30.7 Å². The third-order valence-corrected chi connectivity index (χ3v) is 3.61. The fourth-order valence-corrected chi connectivity index (χ4v) is 2.24. The highest BCUT2D eigenvalue weighted by Gasteiger charge is 2.14. The van der Waals surface area contributed by atoms with E-state index in [1.165, 1.54) is 23.8 Å². The van der Waals surface area contributed by atoms with Gasteiger partial charge in [-0.15, -0.1) is 0 Å². The van der Waals surface area contributed by atoms with E-state index in [4.69, 9.17) is 11.6 Å². The molecule has 116 valence electrons. The van der Waals surface area contributed by atoms with E-state index >= 15 is 0 Å². The van der Waals surface area contributed by atoms with Crippen molar-refractivity contribution < 1.29 is 9.18 Å². The van der Waals surface area contributed by atoms with Gasteiger partial charge in [0, 0.05) is 5.69 Å². The van der Waals surface area contributed by atoms with Crippen molar-refractivity contribution in [2.75, 3.05) is 10.6 Å². The minimum Gasteiger partial charge on any atom is -0.374 e. The molecule has 0 unspecified atom stereocenters. The molecule has 5 heteroatoms. The summed E-state index contributed by atoms with van der Waals surface area (Å²) in [4.78, 5) is 12.2. The second kappa shape index (κ2) is 7.27. The molecular formula is C17H18ClFN2O. The van der Waals surface area contributed by atoms with Gasteiger partial charge in [-0.3, -0.25) is 4.79 Å². The van der Waals surface area contributed by atoms with Gasteiger partial charge in [-0.2, -0.15) is 0 Å². The lowest BCUT2D eigenvalue weighted by molar-refractivity contribution is -0.116. The van der Waals surface area contributed by atoms with Gasteiger partial charge in [0.1, 0.15) is 11.9 Å². The van der Waals surface area contributed by atoms with E-state index < -0.39 is 11.9 Å². The van der Waals surface area contributed by atoms with Crippen molar-refractivity contribution in [1.29, 1.82) is 0 Å². The lowest BCUT2D eigenvalue weighted by atomic mass is 10.1.